The maximum atomic E-state index is 11.6. The number of Topliss-reactive ketones (excluding diaryl/α,β-unsaturated/α-hetero) is 1. The number of carbonyl (C=O) groups is 2. The molecule has 2 N–H and O–H groups in total. The van der Waals surface area contributed by atoms with Crippen LogP contribution in [0.3, 0.4) is 0 Å². The number of fused-ring (bicyclic) bond motifs is 1. The molecule has 0 spiro atoms. The van der Waals surface area contributed by atoms with E-state index in [9.17, 15) is 9.59 Å². The van der Waals surface area contributed by atoms with Crippen LogP contribution in [0.2, 0.25) is 10.0 Å². The van der Waals surface area contributed by atoms with E-state index >= 15 is 0 Å². The fourth-order valence-electron chi connectivity index (χ4n) is 7.37. The summed E-state index contributed by atoms with van der Waals surface area (Å²) >= 11 is 15.6. The van der Waals surface area contributed by atoms with Crippen molar-refractivity contribution in [2.75, 3.05) is 26.5 Å². The first-order valence-corrected chi connectivity index (χ1v) is 19.6. The van der Waals surface area contributed by atoms with E-state index < -0.39 is 0 Å². The maximum Gasteiger partial charge on any atom is 0.236 e. The lowest BCUT2D eigenvalue weighted by molar-refractivity contribution is -0.119. The number of ketones is 1. The van der Waals surface area contributed by atoms with Gasteiger partial charge in [0.05, 0.1) is 24.9 Å². The van der Waals surface area contributed by atoms with Gasteiger partial charge in [-0.15, -0.1) is 11.8 Å². The van der Waals surface area contributed by atoms with Crippen molar-refractivity contribution < 1.29 is 23.8 Å². The number of halogens is 2. The molecule has 2 aromatic heterocycles. The minimum Gasteiger partial charge on any atom is -0.481 e. The number of benzene rings is 2. The molecule has 4 heterocycles. The van der Waals surface area contributed by atoms with Gasteiger partial charge in [0.15, 0.2) is 0 Å². The van der Waals surface area contributed by atoms with E-state index in [-0.39, 0.29) is 18.1 Å². The fraction of sp³-hybridized carbons (Fsp3) is 0.400. The number of carbonyl (C=O) groups excluding carboxylic acids is 2. The van der Waals surface area contributed by atoms with Crippen LogP contribution in [0, 0.1) is 5.92 Å². The fourth-order valence-corrected chi connectivity index (χ4v) is 9.18. The van der Waals surface area contributed by atoms with Crippen molar-refractivity contribution in [2.45, 2.75) is 75.0 Å². The summed E-state index contributed by atoms with van der Waals surface area (Å²) in [5.41, 5.74) is 6.36. The quantitative estimate of drug-likeness (QED) is 0.131. The second-order valence-corrected chi connectivity index (χ2v) is 15.4. The molecule has 1 amide bonds. The van der Waals surface area contributed by atoms with Crippen molar-refractivity contribution in [3.63, 3.8) is 0 Å². The van der Waals surface area contributed by atoms with Crippen LogP contribution < -0.4 is 24.8 Å². The van der Waals surface area contributed by atoms with Gasteiger partial charge in [0.1, 0.15) is 16.9 Å². The second-order valence-electron chi connectivity index (χ2n) is 13.6. The number of nitrogens with zero attached hydrogens (tertiary/aromatic N) is 2. The van der Waals surface area contributed by atoms with E-state index in [1.165, 1.54) is 0 Å². The monoisotopic (exact) mass is 760 g/mol. The Labute approximate surface area is 318 Å². The zero-order valence-corrected chi connectivity index (χ0v) is 31.6. The molecule has 9 nitrogen and oxygen atoms in total. The van der Waals surface area contributed by atoms with Gasteiger partial charge >= 0.3 is 0 Å². The molecule has 272 valence electrons. The predicted molar refractivity (Wildman–Crippen MR) is 205 cm³/mol. The van der Waals surface area contributed by atoms with Crippen molar-refractivity contribution in [1.82, 2.24) is 20.6 Å². The Kier molecular flexibility index (Phi) is 11.6. The van der Waals surface area contributed by atoms with E-state index in [0.717, 1.165) is 82.6 Å². The lowest BCUT2D eigenvalue weighted by atomic mass is 9.98. The normalized spacial score (nSPS) is 19.5. The first kappa shape index (κ1) is 36.5. The Balaban J connectivity index is 1.06. The van der Waals surface area contributed by atoms with Crippen molar-refractivity contribution in [3.8, 4) is 40.0 Å². The number of rotatable bonds is 14. The van der Waals surface area contributed by atoms with Crippen molar-refractivity contribution >= 4 is 46.7 Å². The molecule has 3 aliphatic rings. The van der Waals surface area contributed by atoms with Gasteiger partial charge in [0.25, 0.3) is 0 Å². The summed E-state index contributed by atoms with van der Waals surface area (Å²) in [7, 11) is 3.23. The third kappa shape index (κ3) is 8.05. The molecule has 7 rings (SSSR count). The van der Waals surface area contributed by atoms with Gasteiger partial charge < -0.3 is 24.8 Å². The van der Waals surface area contributed by atoms with Gasteiger partial charge in [-0.2, -0.15) is 4.98 Å². The number of thioether (sulfide) groups is 1. The average Bonchev–Trinajstić information content (AvgIpc) is 3.89. The van der Waals surface area contributed by atoms with Gasteiger partial charge in [-0.3, -0.25) is 9.59 Å². The largest absolute Gasteiger partial charge is 0.481 e. The lowest BCUT2D eigenvalue weighted by Crippen LogP contribution is -2.25. The highest BCUT2D eigenvalue weighted by Gasteiger charge is 2.30. The van der Waals surface area contributed by atoms with Crippen molar-refractivity contribution in [1.29, 1.82) is 0 Å². The van der Waals surface area contributed by atoms with Gasteiger partial charge in [-0.1, -0.05) is 65.7 Å². The smallest absolute Gasteiger partial charge is 0.236 e. The first-order valence-electron chi connectivity index (χ1n) is 17.8. The van der Waals surface area contributed by atoms with E-state index in [2.05, 4.69) is 27.8 Å². The molecule has 1 aliphatic carbocycles. The maximum absolute atomic E-state index is 11.6. The van der Waals surface area contributed by atoms with Crippen LogP contribution in [0.4, 0.5) is 0 Å². The molecule has 1 saturated carbocycles. The summed E-state index contributed by atoms with van der Waals surface area (Å²) in [6.45, 7) is 1.40. The van der Waals surface area contributed by atoms with Gasteiger partial charge in [0, 0.05) is 70.3 Å². The van der Waals surface area contributed by atoms with Gasteiger partial charge in [0.2, 0.25) is 23.5 Å². The Bertz CT molecular complexity index is 1980. The summed E-state index contributed by atoms with van der Waals surface area (Å²) in [4.78, 5) is 33.8. The minimum absolute atomic E-state index is 0.129. The molecular weight excluding hydrogens is 719 g/mol. The van der Waals surface area contributed by atoms with Crippen LogP contribution >= 0.6 is 35.0 Å². The summed E-state index contributed by atoms with van der Waals surface area (Å²) in [6, 6.07) is 18.3. The van der Waals surface area contributed by atoms with Crippen molar-refractivity contribution in [2.24, 2.45) is 5.92 Å². The SMILES string of the molecule is COc1nc(-c2cccc(-c3cccc4c3SC[C@@H]4Oc3nc(OC)c(CCC[C@@H]4CCC(=O)N4)cc3Cl)c2Cl)ccc1CNC[C@@H]1CCC(=O)C1. The Hall–Kier alpha value is -3.83. The van der Waals surface area contributed by atoms with E-state index in [0.29, 0.717) is 70.9 Å². The van der Waals surface area contributed by atoms with Crippen LogP contribution in [0.1, 0.15) is 67.7 Å². The molecule has 3 atom stereocenters. The molecule has 1 saturated heterocycles. The topological polar surface area (TPSA) is 112 Å². The Morgan fingerprint density at radius 1 is 0.904 bits per heavy atom. The van der Waals surface area contributed by atoms with Crippen LogP contribution in [0.15, 0.2) is 59.5 Å². The molecule has 12 heteroatoms. The first-order chi connectivity index (χ1) is 25.3. The van der Waals surface area contributed by atoms with E-state index in [4.69, 9.17) is 42.4 Å². The zero-order valence-electron chi connectivity index (χ0n) is 29.3. The molecule has 52 heavy (non-hydrogen) atoms. The van der Waals surface area contributed by atoms with E-state index in [1.54, 1.807) is 26.0 Å². The summed E-state index contributed by atoms with van der Waals surface area (Å²) < 4.78 is 17.8. The standard InChI is InChI=1S/C40H42Cl2N4O5S/c1-49-38-24(6-3-7-26-14-17-35(48)44-26)19-32(41)40(46-38)51-34-22-52-37-29(9-5-11-31(34)37)28-8-4-10-30(36(28)42)33-16-13-25(39(45-33)50-2)21-43-20-23-12-15-27(47)18-23/h4-5,8-11,13,16,19,23,26,34,43H,3,6-7,12,14-15,17-18,20-22H2,1-2H3,(H,44,48)/t23-,26-,34+/m1/s1. The number of methoxy groups -OCH3 is 2. The average molecular weight is 762 g/mol. The number of hydrogen-bond acceptors (Lipinski definition) is 9. The Morgan fingerprint density at radius 3 is 2.46 bits per heavy atom. The predicted octanol–water partition coefficient (Wildman–Crippen LogP) is 8.42. The number of ether oxygens (including phenoxy) is 3. The van der Waals surface area contributed by atoms with Crippen LogP contribution in [0.5, 0.6) is 17.6 Å². The highest BCUT2D eigenvalue weighted by molar-refractivity contribution is 7.99. The zero-order chi connectivity index (χ0) is 36.2. The molecule has 2 fully saturated rings. The molecular formula is C40H42Cl2N4O5S. The molecule has 0 bridgehead atoms. The molecule has 0 radical (unpaired) electrons. The highest BCUT2D eigenvalue weighted by Crippen LogP contribution is 2.48. The van der Waals surface area contributed by atoms with Crippen LogP contribution in [0.25, 0.3) is 22.4 Å². The minimum atomic E-state index is -0.269. The second kappa shape index (κ2) is 16.5. The van der Waals surface area contributed by atoms with Gasteiger partial charge in [-0.05, 0) is 62.3 Å². The molecule has 2 aliphatic heterocycles. The third-order valence-corrected chi connectivity index (χ3v) is 12.0. The number of hydrogen-bond donors (Lipinski definition) is 2. The van der Waals surface area contributed by atoms with E-state index in [1.807, 2.05) is 42.5 Å². The molecule has 2 aromatic carbocycles. The summed E-state index contributed by atoms with van der Waals surface area (Å²) in [5, 5.41) is 7.54. The summed E-state index contributed by atoms with van der Waals surface area (Å²) in [6.07, 6.45) is 6.03. The van der Waals surface area contributed by atoms with Crippen LogP contribution in [-0.2, 0) is 22.6 Å². The number of aromatic nitrogens is 2. The van der Waals surface area contributed by atoms with Crippen LogP contribution in [-0.4, -0.2) is 54.2 Å². The number of pyridine rings is 2. The third-order valence-electron chi connectivity index (χ3n) is 10.1. The number of nitrogens with one attached hydrogen (secondary N) is 2. The number of aryl methyl sites for hydroxylation is 1. The lowest BCUT2D eigenvalue weighted by Gasteiger charge is -2.18. The number of amides is 1. The molecule has 0 unspecified atom stereocenters. The van der Waals surface area contributed by atoms with Gasteiger partial charge in [-0.25, -0.2) is 4.98 Å². The highest BCUT2D eigenvalue weighted by atomic mass is 35.5. The molecule has 4 aromatic rings. The Morgan fingerprint density at radius 2 is 1.69 bits per heavy atom. The summed E-state index contributed by atoms with van der Waals surface area (Å²) in [5.74, 6) is 2.93. The van der Waals surface area contributed by atoms with Crippen molar-refractivity contribution in [3.05, 3.63) is 81.3 Å².